The lowest BCUT2D eigenvalue weighted by atomic mass is 9.96. The van der Waals surface area contributed by atoms with Crippen molar-refractivity contribution in [2.45, 2.75) is 25.2 Å². The molecule has 1 aliphatic heterocycles. The summed E-state index contributed by atoms with van der Waals surface area (Å²) in [5.41, 5.74) is 2.38. The second kappa shape index (κ2) is 5.44. The van der Waals surface area contributed by atoms with E-state index in [9.17, 15) is 8.42 Å². The summed E-state index contributed by atoms with van der Waals surface area (Å²) in [5, 5.41) is 0. The van der Waals surface area contributed by atoms with E-state index in [0.29, 0.717) is 30.7 Å². The highest BCUT2D eigenvalue weighted by molar-refractivity contribution is 7.89. The highest BCUT2D eigenvalue weighted by atomic mass is 32.2. The van der Waals surface area contributed by atoms with Crippen molar-refractivity contribution in [3.63, 3.8) is 0 Å². The van der Waals surface area contributed by atoms with Gasteiger partial charge >= 0.3 is 0 Å². The smallest absolute Gasteiger partial charge is 0.244 e. The average molecular weight is 284 g/mol. The maximum absolute atomic E-state index is 12.4. The van der Waals surface area contributed by atoms with E-state index in [1.54, 1.807) is 10.4 Å². The van der Waals surface area contributed by atoms with Gasteiger partial charge in [0.2, 0.25) is 10.0 Å². The average Bonchev–Trinajstić information content (AvgIpc) is 2.89. The molecule has 0 aliphatic carbocycles. The monoisotopic (exact) mass is 284 g/mol. The maximum Gasteiger partial charge on any atom is 0.244 e. The van der Waals surface area contributed by atoms with Gasteiger partial charge < -0.3 is 5.43 Å². The van der Waals surface area contributed by atoms with Gasteiger partial charge in [-0.15, -0.1) is 0 Å². The molecule has 6 nitrogen and oxygen atoms in total. The Morgan fingerprint density at radius 3 is 2.68 bits per heavy atom. The van der Waals surface area contributed by atoms with Crippen LogP contribution in [0.3, 0.4) is 0 Å². The molecule has 0 radical (unpaired) electrons. The molecule has 1 aromatic heterocycles. The zero-order valence-electron chi connectivity index (χ0n) is 11.2. The fourth-order valence-electron chi connectivity index (χ4n) is 2.28. The topological polar surface area (TPSA) is 88.3 Å². The molecule has 0 aromatic carbocycles. The minimum atomic E-state index is -3.43. The molecule has 1 aliphatic rings. The van der Waals surface area contributed by atoms with Crippen molar-refractivity contribution in [1.82, 2.24) is 9.29 Å². The third kappa shape index (κ3) is 2.88. The summed E-state index contributed by atoms with van der Waals surface area (Å²) in [6.45, 7) is 5.44. The lowest BCUT2D eigenvalue weighted by Gasteiger charge is -2.18. The van der Waals surface area contributed by atoms with Crippen molar-refractivity contribution < 1.29 is 8.42 Å². The zero-order chi connectivity index (χ0) is 14.0. The number of pyridine rings is 1. The van der Waals surface area contributed by atoms with Gasteiger partial charge in [0.25, 0.3) is 0 Å². The molecule has 0 spiro atoms. The summed E-state index contributed by atoms with van der Waals surface area (Å²) in [4.78, 5) is 4.17. The summed E-state index contributed by atoms with van der Waals surface area (Å²) in [6.07, 6.45) is 2.26. The number of sulfonamides is 1. The van der Waals surface area contributed by atoms with Gasteiger partial charge in [-0.25, -0.2) is 19.2 Å². The number of nitrogens with zero attached hydrogens (tertiary/aromatic N) is 2. The van der Waals surface area contributed by atoms with Crippen LogP contribution < -0.4 is 11.3 Å². The van der Waals surface area contributed by atoms with Crippen LogP contribution in [0.4, 0.5) is 5.82 Å². The fourth-order valence-corrected chi connectivity index (χ4v) is 3.74. The minimum Gasteiger partial charge on any atom is -0.308 e. The van der Waals surface area contributed by atoms with Crippen LogP contribution in [-0.4, -0.2) is 30.8 Å². The summed E-state index contributed by atoms with van der Waals surface area (Å²) >= 11 is 0. The number of nitrogen functional groups attached to an aromatic ring is 1. The van der Waals surface area contributed by atoms with Crippen LogP contribution >= 0.6 is 0 Å². The molecule has 1 saturated heterocycles. The van der Waals surface area contributed by atoms with Crippen LogP contribution in [0.2, 0.25) is 0 Å². The molecule has 0 bridgehead atoms. The third-order valence-electron chi connectivity index (χ3n) is 3.65. The molecule has 0 saturated carbocycles. The number of anilines is 1. The van der Waals surface area contributed by atoms with E-state index in [1.807, 2.05) is 0 Å². The van der Waals surface area contributed by atoms with Crippen molar-refractivity contribution >= 4 is 15.8 Å². The van der Waals surface area contributed by atoms with Crippen molar-refractivity contribution in [1.29, 1.82) is 0 Å². The van der Waals surface area contributed by atoms with Crippen LogP contribution in [-0.2, 0) is 10.0 Å². The molecule has 106 valence electrons. The summed E-state index contributed by atoms with van der Waals surface area (Å²) < 4.78 is 26.4. The second-order valence-corrected chi connectivity index (χ2v) is 7.12. The van der Waals surface area contributed by atoms with Gasteiger partial charge in [0.05, 0.1) is 0 Å². The Morgan fingerprint density at radius 1 is 1.47 bits per heavy atom. The Labute approximate surface area is 114 Å². The Balaban J connectivity index is 2.18. The normalized spacial score (nSPS) is 20.9. The number of aromatic nitrogens is 1. The lowest BCUT2D eigenvalue weighted by molar-refractivity contribution is 0.388. The highest BCUT2D eigenvalue weighted by Gasteiger charge is 2.33. The summed E-state index contributed by atoms with van der Waals surface area (Å²) in [7, 11) is -3.43. The van der Waals surface area contributed by atoms with E-state index >= 15 is 0 Å². The molecule has 1 fully saturated rings. The molecule has 7 heteroatoms. The SMILES string of the molecule is CC(C)C1CCN(S(=O)(=O)c2ccc(NN)nc2)C1. The Morgan fingerprint density at radius 2 is 2.21 bits per heavy atom. The second-order valence-electron chi connectivity index (χ2n) is 5.18. The van der Waals surface area contributed by atoms with E-state index in [-0.39, 0.29) is 4.90 Å². The van der Waals surface area contributed by atoms with Crippen molar-refractivity contribution in [3.8, 4) is 0 Å². The molecule has 3 N–H and O–H groups in total. The van der Waals surface area contributed by atoms with Crippen molar-refractivity contribution in [2.75, 3.05) is 18.5 Å². The van der Waals surface area contributed by atoms with Gasteiger partial charge in [-0.2, -0.15) is 4.31 Å². The Kier molecular flexibility index (Phi) is 4.07. The quantitative estimate of drug-likeness (QED) is 0.637. The fraction of sp³-hybridized carbons (Fsp3) is 0.583. The number of nitrogens with one attached hydrogen (secondary N) is 1. The molecular weight excluding hydrogens is 264 g/mol. The van der Waals surface area contributed by atoms with Crippen LogP contribution in [0.1, 0.15) is 20.3 Å². The number of nitrogens with two attached hydrogens (primary N) is 1. The van der Waals surface area contributed by atoms with Crippen LogP contribution in [0.15, 0.2) is 23.2 Å². The number of rotatable bonds is 4. The van der Waals surface area contributed by atoms with Gasteiger partial charge in [-0.1, -0.05) is 13.8 Å². The number of hydrazine groups is 1. The summed E-state index contributed by atoms with van der Waals surface area (Å²) in [6, 6.07) is 3.09. The molecule has 1 unspecified atom stereocenters. The van der Waals surface area contributed by atoms with E-state index in [2.05, 4.69) is 24.3 Å². The van der Waals surface area contributed by atoms with Gasteiger partial charge in [0, 0.05) is 19.3 Å². The zero-order valence-corrected chi connectivity index (χ0v) is 12.0. The maximum atomic E-state index is 12.4. The van der Waals surface area contributed by atoms with E-state index in [4.69, 9.17) is 5.84 Å². The molecule has 1 atom stereocenters. The molecule has 1 aromatic rings. The Bertz CT molecular complexity index is 527. The third-order valence-corrected chi connectivity index (χ3v) is 5.50. The first-order valence-corrected chi connectivity index (χ1v) is 7.82. The van der Waals surface area contributed by atoms with Crippen LogP contribution in [0.5, 0.6) is 0 Å². The predicted octanol–water partition coefficient (Wildman–Crippen LogP) is 1.03. The van der Waals surface area contributed by atoms with E-state index in [0.717, 1.165) is 6.42 Å². The van der Waals surface area contributed by atoms with Gasteiger partial charge in [0.1, 0.15) is 10.7 Å². The minimum absolute atomic E-state index is 0.218. The molecule has 0 amide bonds. The number of hydrogen-bond acceptors (Lipinski definition) is 5. The first-order chi connectivity index (χ1) is 8.95. The largest absolute Gasteiger partial charge is 0.308 e. The van der Waals surface area contributed by atoms with Crippen LogP contribution in [0, 0.1) is 11.8 Å². The first kappa shape index (κ1) is 14.2. The predicted molar refractivity (Wildman–Crippen MR) is 73.8 cm³/mol. The molecule has 2 rings (SSSR count). The standard InChI is InChI=1S/C12H20N4O2S/c1-9(2)10-5-6-16(8-10)19(17,18)11-3-4-12(15-13)14-7-11/h3-4,7,9-10H,5-6,8,13H2,1-2H3,(H,14,15). The van der Waals surface area contributed by atoms with E-state index < -0.39 is 10.0 Å². The summed E-state index contributed by atoms with van der Waals surface area (Å²) in [5.74, 6) is 6.59. The van der Waals surface area contributed by atoms with Crippen molar-refractivity contribution in [2.24, 2.45) is 17.7 Å². The molecular formula is C12H20N4O2S. The van der Waals surface area contributed by atoms with Gasteiger partial charge in [-0.05, 0) is 30.4 Å². The lowest BCUT2D eigenvalue weighted by Crippen LogP contribution is -2.29. The highest BCUT2D eigenvalue weighted by Crippen LogP contribution is 2.28. The van der Waals surface area contributed by atoms with Crippen LogP contribution in [0.25, 0.3) is 0 Å². The number of hydrogen-bond donors (Lipinski definition) is 2. The van der Waals surface area contributed by atoms with Gasteiger partial charge in [-0.3, -0.25) is 0 Å². The molecule has 2 heterocycles. The molecule has 19 heavy (non-hydrogen) atoms. The van der Waals surface area contributed by atoms with Crippen molar-refractivity contribution in [3.05, 3.63) is 18.3 Å². The van der Waals surface area contributed by atoms with Gasteiger partial charge in [0.15, 0.2) is 0 Å². The van der Waals surface area contributed by atoms with E-state index in [1.165, 1.54) is 12.3 Å². The Hall–Kier alpha value is -1.18. The first-order valence-electron chi connectivity index (χ1n) is 6.38.